The van der Waals surface area contributed by atoms with Crippen LogP contribution in [0.1, 0.15) is 19.8 Å². The minimum absolute atomic E-state index is 0.877. The van der Waals surface area contributed by atoms with E-state index in [9.17, 15) is 0 Å². The second-order valence-electron chi connectivity index (χ2n) is 5.00. The second-order valence-corrected chi connectivity index (χ2v) is 6.33. The minimum atomic E-state index is 0.877. The van der Waals surface area contributed by atoms with Crippen molar-refractivity contribution in [2.45, 2.75) is 24.7 Å². The number of thioether (sulfide) groups is 1. The fraction of sp³-hybridized carbons (Fsp3) is 0.600. The Hall–Kier alpha value is -0.670. The van der Waals surface area contributed by atoms with Gasteiger partial charge in [0, 0.05) is 24.2 Å². The van der Waals surface area contributed by atoms with E-state index in [0.717, 1.165) is 18.2 Å². The van der Waals surface area contributed by atoms with Gasteiger partial charge in [-0.2, -0.15) is 0 Å². The van der Waals surface area contributed by atoms with Gasteiger partial charge in [0.1, 0.15) is 0 Å². The number of rotatable bonds is 6. The molecule has 1 aromatic carbocycles. The lowest BCUT2D eigenvalue weighted by molar-refractivity contribution is 0.533. The molecule has 1 heterocycles. The number of hydrogen-bond acceptors (Lipinski definition) is 3. The molecule has 0 radical (unpaired) electrons. The maximum absolute atomic E-state index is 3.44. The van der Waals surface area contributed by atoms with E-state index in [-0.39, 0.29) is 0 Å². The van der Waals surface area contributed by atoms with Crippen LogP contribution >= 0.6 is 11.8 Å². The molecule has 1 aliphatic rings. The maximum Gasteiger partial charge on any atom is 0.0364 e. The van der Waals surface area contributed by atoms with Crippen LogP contribution < -0.4 is 10.2 Å². The Morgan fingerprint density at radius 2 is 2.11 bits per heavy atom. The van der Waals surface area contributed by atoms with Crippen molar-refractivity contribution in [3.05, 3.63) is 24.3 Å². The summed E-state index contributed by atoms with van der Waals surface area (Å²) in [6.45, 7) is 5.77. The SMILES string of the molecule is CCSc1ccc(N(C)CCC2CCNC2)cc1. The van der Waals surface area contributed by atoms with Gasteiger partial charge < -0.3 is 10.2 Å². The lowest BCUT2D eigenvalue weighted by Crippen LogP contribution is -2.21. The van der Waals surface area contributed by atoms with E-state index in [4.69, 9.17) is 0 Å². The number of benzene rings is 1. The van der Waals surface area contributed by atoms with Crippen molar-refractivity contribution in [3.8, 4) is 0 Å². The molecule has 1 atom stereocenters. The van der Waals surface area contributed by atoms with E-state index in [2.05, 4.69) is 48.5 Å². The van der Waals surface area contributed by atoms with Crippen LogP contribution in [0, 0.1) is 5.92 Å². The summed E-state index contributed by atoms with van der Waals surface area (Å²) >= 11 is 1.90. The van der Waals surface area contributed by atoms with Crippen LogP contribution in [-0.4, -0.2) is 32.4 Å². The Kier molecular flexibility index (Phi) is 5.39. The average Bonchev–Trinajstić information content (AvgIpc) is 2.90. The van der Waals surface area contributed by atoms with E-state index in [0.29, 0.717) is 0 Å². The Balaban J connectivity index is 1.81. The van der Waals surface area contributed by atoms with Crippen molar-refractivity contribution < 1.29 is 0 Å². The van der Waals surface area contributed by atoms with Crippen molar-refractivity contribution in [3.63, 3.8) is 0 Å². The first kappa shape index (κ1) is 13.8. The third-order valence-corrected chi connectivity index (χ3v) is 4.52. The Labute approximate surface area is 115 Å². The predicted molar refractivity (Wildman–Crippen MR) is 81.7 cm³/mol. The highest BCUT2D eigenvalue weighted by atomic mass is 32.2. The average molecular weight is 264 g/mol. The predicted octanol–water partition coefficient (Wildman–Crippen LogP) is 3.23. The molecule has 0 aliphatic carbocycles. The van der Waals surface area contributed by atoms with Gasteiger partial charge in [-0.15, -0.1) is 11.8 Å². The Morgan fingerprint density at radius 1 is 1.33 bits per heavy atom. The third-order valence-electron chi connectivity index (χ3n) is 3.62. The zero-order valence-electron chi connectivity index (χ0n) is 11.5. The van der Waals surface area contributed by atoms with Crippen molar-refractivity contribution in [2.75, 3.05) is 37.3 Å². The van der Waals surface area contributed by atoms with Crippen LogP contribution in [0.15, 0.2) is 29.2 Å². The fourth-order valence-electron chi connectivity index (χ4n) is 2.43. The number of nitrogens with one attached hydrogen (secondary N) is 1. The van der Waals surface area contributed by atoms with Crippen LogP contribution in [0.2, 0.25) is 0 Å². The van der Waals surface area contributed by atoms with Crippen molar-refractivity contribution >= 4 is 17.4 Å². The van der Waals surface area contributed by atoms with Crippen molar-refractivity contribution in [1.82, 2.24) is 5.32 Å². The zero-order valence-corrected chi connectivity index (χ0v) is 12.3. The molecule has 2 nitrogen and oxygen atoms in total. The molecule has 0 amide bonds. The topological polar surface area (TPSA) is 15.3 Å². The standard InChI is InChI=1S/C15H24N2S/c1-3-18-15-6-4-14(5-7-15)17(2)11-9-13-8-10-16-12-13/h4-7,13,16H,3,8-12H2,1-2H3. The van der Waals surface area contributed by atoms with Crippen molar-refractivity contribution in [1.29, 1.82) is 0 Å². The summed E-state index contributed by atoms with van der Waals surface area (Å²) in [4.78, 5) is 3.74. The summed E-state index contributed by atoms with van der Waals surface area (Å²) < 4.78 is 0. The highest BCUT2D eigenvalue weighted by molar-refractivity contribution is 7.99. The Morgan fingerprint density at radius 3 is 2.72 bits per heavy atom. The first-order valence-electron chi connectivity index (χ1n) is 6.94. The summed E-state index contributed by atoms with van der Waals surface area (Å²) in [6.07, 6.45) is 2.65. The van der Waals surface area contributed by atoms with E-state index < -0.39 is 0 Å². The molecular formula is C15H24N2S. The van der Waals surface area contributed by atoms with Gasteiger partial charge in [-0.25, -0.2) is 0 Å². The number of nitrogens with zero attached hydrogens (tertiary/aromatic N) is 1. The maximum atomic E-state index is 3.44. The van der Waals surface area contributed by atoms with Crippen LogP contribution in [-0.2, 0) is 0 Å². The largest absolute Gasteiger partial charge is 0.375 e. The molecule has 0 aromatic heterocycles. The molecule has 100 valence electrons. The molecule has 1 fully saturated rings. The highest BCUT2D eigenvalue weighted by Crippen LogP contribution is 2.22. The first-order chi connectivity index (χ1) is 8.79. The number of anilines is 1. The van der Waals surface area contributed by atoms with Gasteiger partial charge in [-0.05, 0) is 61.9 Å². The lowest BCUT2D eigenvalue weighted by Gasteiger charge is -2.21. The summed E-state index contributed by atoms with van der Waals surface area (Å²) in [5.74, 6) is 2.02. The lowest BCUT2D eigenvalue weighted by atomic mass is 10.0. The van der Waals surface area contributed by atoms with Gasteiger partial charge in [-0.3, -0.25) is 0 Å². The summed E-state index contributed by atoms with van der Waals surface area (Å²) in [5.41, 5.74) is 1.33. The minimum Gasteiger partial charge on any atom is -0.375 e. The Bertz CT molecular complexity index is 344. The molecule has 1 aliphatic heterocycles. The monoisotopic (exact) mass is 264 g/mol. The molecule has 1 aromatic rings. The zero-order chi connectivity index (χ0) is 12.8. The summed E-state index contributed by atoms with van der Waals surface area (Å²) in [5, 5.41) is 3.44. The molecule has 1 unspecified atom stereocenters. The normalized spacial score (nSPS) is 19.1. The van der Waals surface area contributed by atoms with Crippen LogP contribution in [0.4, 0.5) is 5.69 Å². The van der Waals surface area contributed by atoms with E-state index in [1.807, 2.05) is 11.8 Å². The molecule has 0 saturated carbocycles. The summed E-state index contributed by atoms with van der Waals surface area (Å²) in [6, 6.07) is 8.95. The quantitative estimate of drug-likeness (QED) is 0.794. The summed E-state index contributed by atoms with van der Waals surface area (Å²) in [7, 11) is 2.20. The van der Waals surface area contributed by atoms with Gasteiger partial charge >= 0.3 is 0 Å². The molecule has 0 bridgehead atoms. The molecule has 0 spiro atoms. The second kappa shape index (κ2) is 7.05. The first-order valence-corrected chi connectivity index (χ1v) is 7.93. The molecule has 3 heteroatoms. The van der Waals surface area contributed by atoms with E-state index in [1.165, 1.54) is 36.5 Å². The molecule has 1 N–H and O–H groups in total. The molecule has 2 rings (SSSR count). The van der Waals surface area contributed by atoms with Crippen LogP contribution in [0.3, 0.4) is 0 Å². The van der Waals surface area contributed by atoms with Crippen molar-refractivity contribution in [2.24, 2.45) is 5.92 Å². The third kappa shape index (κ3) is 3.92. The van der Waals surface area contributed by atoms with Gasteiger partial charge in [0.15, 0.2) is 0 Å². The van der Waals surface area contributed by atoms with Gasteiger partial charge in [0.05, 0.1) is 0 Å². The van der Waals surface area contributed by atoms with Gasteiger partial charge in [0.25, 0.3) is 0 Å². The van der Waals surface area contributed by atoms with E-state index >= 15 is 0 Å². The van der Waals surface area contributed by atoms with E-state index in [1.54, 1.807) is 0 Å². The van der Waals surface area contributed by atoms with Gasteiger partial charge in [-0.1, -0.05) is 6.92 Å². The molecule has 1 saturated heterocycles. The van der Waals surface area contributed by atoms with Crippen LogP contribution in [0.5, 0.6) is 0 Å². The number of hydrogen-bond donors (Lipinski definition) is 1. The fourth-order valence-corrected chi connectivity index (χ4v) is 3.09. The molecular weight excluding hydrogens is 240 g/mol. The van der Waals surface area contributed by atoms with Gasteiger partial charge in [0.2, 0.25) is 0 Å². The molecule has 18 heavy (non-hydrogen) atoms. The van der Waals surface area contributed by atoms with Crippen LogP contribution in [0.25, 0.3) is 0 Å². The highest BCUT2D eigenvalue weighted by Gasteiger charge is 2.14. The smallest absolute Gasteiger partial charge is 0.0364 e.